The van der Waals surface area contributed by atoms with Gasteiger partial charge in [0.1, 0.15) is 0 Å². The predicted octanol–water partition coefficient (Wildman–Crippen LogP) is 5.89. The summed E-state index contributed by atoms with van der Waals surface area (Å²) in [5.41, 5.74) is 0.981. The molecule has 3 heteroatoms. The van der Waals surface area contributed by atoms with Crippen LogP contribution in [0.2, 0.25) is 18.6 Å². The second kappa shape index (κ2) is 6.39. The Labute approximate surface area is 157 Å². The number of nitrogens with one attached hydrogen (secondary N) is 1. The van der Waals surface area contributed by atoms with Crippen molar-refractivity contribution in [3.63, 3.8) is 0 Å². The molecule has 3 fully saturated rings. The average Bonchev–Trinajstić information content (AvgIpc) is 3.15. The molecule has 8 unspecified atom stereocenters. The molecule has 4 rings (SSSR count). The molecule has 0 amide bonds. The molecule has 0 spiro atoms. The number of hydrogen-bond acceptors (Lipinski definition) is 1. The van der Waals surface area contributed by atoms with E-state index in [1.54, 1.807) is 0 Å². The summed E-state index contributed by atoms with van der Waals surface area (Å²) < 4.78 is 0. The highest BCUT2D eigenvalue weighted by molar-refractivity contribution is 9.09. The minimum atomic E-state index is -1.35. The molecule has 1 aliphatic heterocycles. The molecule has 1 saturated heterocycles. The summed E-state index contributed by atoms with van der Waals surface area (Å²) in [4.78, 5) is 0.548. The van der Waals surface area contributed by atoms with Gasteiger partial charge in [-0.15, -0.1) is 0 Å². The highest BCUT2D eigenvalue weighted by Crippen LogP contribution is 2.61. The van der Waals surface area contributed by atoms with Crippen LogP contribution in [0.5, 0.6) is 0 Å². The predicted molar refractivity (Wildman–Crippen MR) is 110 cm³/mol. The third kappa shape index (κ3) is 2.73. The molecular weight excluding hydrogens is 374 g/mol. The molecule has 0 bridgehead atoms. The Morgan fingerprint density at radius 3 is 2.58 bits per heavy atom. The lowest BCUT2D eigenvalue weighted by Gasteiger charge is -2.50. The van der Waals surface area contributed by atoms with E-state index in [4.69, 9.17) is 0 Å². The van der Waals surface area contributed by atoms with Gasteiger partial charge in [-0.2, -0.15) is 0 Å². The molecule has 1 heterocycles. The smallest absolute Gasteiger partial charge is 0.0794 e. The molecule has 134 valence electrons. The summed E-state index contributed by atoms with van der Waals surface area (Å²) in [6.07, 6.45) is 14.0. The van der Waals surface area contributed by atoms with Crippen molar-refractivity contribution < 1.29 is 0 Å². The van der Waals surface area contributed by atoms with Crippen molar-refractivity contribution in [1.82, 2.24) is 5.32 Å². The van der Waals surface area contributed by atoms with Crippen LogP contribution in [0.25, 0.3) is 0 Å². The van der Waals surface area contributed by atoms with Gasteiger partial charge in [-0.1, -0.05) is 66.3 Å². The second-order valence-corrected chi connectivity index (χ2v) is 15.5. The standard InChI is InChI=1S/C21H34BrNSi/c1-13-11-17-14(2)16-9-10-20(22)23-19(16)12-18(17)21(13)24(3,4)15-7-5-6-8-15/h5-7,13-14,16-21,23H,8-12H2,1-4H3. The SMILES string of the molecule is CC1CC2C(C)C3CCC(Br)NC3CC2C1[Si](C)(C)C1=CC=CC1. The Morgan fingerprint density at radius 1 is 1.08 bits per heavy atom. The maximum Gasteiger partial charge on any atom is 0.0794 e. The topological polar surface area (TPSA) is 12.0 Å². The van der Waals surface area contributed by atoms with Crippen molar-refractivity contribution in [1.29, 1.82) is 0 Å². The third-order valence-corrected chi connectivity index (χ3v) is 13.7. The highest BCUT2D eigenvalue weighted by Gasteiger charge is 2.56. The van der Waals surface area contributed by atoms with Gasteiger partial charge in [0.15, 0.2) is 0 Å². The van der Waals surface area contributed by atoms with E-state index in [0.717, 1.165) is 41.2 Å². The Bertz CT molecular complexity index is 552. The highest BCUT2D eigenvalue weighted by atomic mass is 79.9. The second-order valence-electron chi connectivity index (χ2n) is 9.69. The molecule has 1 nitrogen and oxygen atoms in total. The lowest BCUT2D eigenvalue weighted by molar-refractivity contribution is 0.0598. The lowest BCUT2D eigenvalue weighted by atomic mass is 9.64. The van der Waals surface area contributed by atoms with E-state index in [9.17, 15) is 0 Å². The van der Waals surface area contributed by atoms with Crippen LogP contribution >= 0.6 is 15.9 Å². The Kier molecular flexibility index (Phi) is 4.67. The van der Waals surface area contributed by atoms with Gasteiger partial charge in [-0.05, 0) is 67.2 Å². The molecule has 24 heavy (non-hydrogen) atoms. The van der Waals surface area contributed by atoms with Crippen molar-refractivity contribution in [3.05, 3.63) is 23.4 Å². The van der Waals surface area contributed by atoms with Crippen LogP contribution in [-0.4, -0.2) is 19.1 Å². The summed E-state index contributed by atoms with van der Waals surface area (Å²) in [7, 11) is -1.35. The van der Waals surface area contributed by atoms with Crippen molar-refractivity contribution in [2.24, 2.45) is 29.6 Å². The summed E-state index contributed by atoms with van der Waals surface area (Å²) in [5, 5.41) is 5.73. The maximum absolute atomic E-state index is 3.92. The fraction of sp³-hybridized carbons (Fsp3) is 0.810. The van der Waals surface area contributed by atoms with Gasteiger partial charge in [-0.3, -0.25) is 0 Å². The maximum atomic E-state index is 3.92. The average molecular weight is 409 g/mol. The summed E-state index contributed by atoms with van der Waals surface area (Å²) in [6.45, 7) is 10.5. The first-order valence-corrected chi connectivity index (χ1v) is 14.1. The number of fused-ring (bicyclic) bond motifs is 2. The molecule has 0 radical (unpaired) electrons. The minimum absolute atomic E-state index is 0.548. The monoisotopic (exact) mass is 407 g/mol. The first-order chi connectivity index (χ1) is 11.4. The van der Waals surface area contributed by atoms with Crippen LogP contribution in [0, 0.1) is 29.6 Å². The van der Waals surface area contributed by atoms with Crippen LogP contribution < -0.4 is 5.32 Å². The minimum Gasteiger partial charge on any atom is -0.302 e. The number of hydrogen-bond donors (Lipinski definition) is 1. The number of piperidine rings is 1. The van der Waals surface area contributed by atoms with Gasteiger partial charge in [0.05, 0.1) is 13.0 Å². The van der Waals surface area contributed by atoms with Crippen LogP contribution in [0.15, 0.2) is 23.4 Å². The molecule has 3 aliphatic carbocycles. The van der Waals surface area contributed by atoms with Gasteiger partial charge in [0.2, 0.25) is 0 Å². The Hall–Kier alpha value is 0.137. The van der Waals surface area contributed by atoms with E-state index >= 15 is 0 Å². The van der Waals surface area contributed by atoms with Crippen LogP contribution in [0.3, 0.4) is 0 Å². The van der Waals surface area contributed by atoms with Crippen molar-refractivity contribution >= 4 is 24.0 Å². The van der Waals surface area contributed by atoms with Gasteiger partial charge < -0.3 is 5.32 Å². The van der Waals surface area contributed by atoms with E-state index in [1.807, 2.05) is 5.20 Å². The zero-order chi connectivity index (χ0) is 17.1. The van der Waals surface area contributed by atoms with Gasteiger partial charge in [0.25, 0.3) is 0 Å². The molecule has 0 aromatic rings. The largest absolute Gasteiger partial charge is 0.302 e. The van der Waals surface area contributed by atoms with E-state index in [-0.39, 0.29) is 0 Å². The van der Waals surface area contributed by atoms with Crippen molar-refractivity contribution in [3.8, 4) is 0 Å². The Balaban J connectivity index is 1.61. The zero-order valence-electron chi connectivity index (χ0n) is 15.8. The third-order valence-electron chi connectivity index (χ3n) is 8.24. The molecule has 1 N–H and O–H groups in total. The summed E-state index contributed by atoms with van der Waals surface area (Å²) in [5.74, 6) is 4.70. The Morgan fingerprint density at radius 2 is 1.88 bits per heavy atom. The normalized spacial score (nSPS) is 48.1. The van der Waals surface area contributed by atoms with Gasteiger partial charge in [-0.25, -0.2) is 0 Å². The molecule has 0 aromatic carbocycles. The van der Waals surface area contributed by atoms with Crippen LogP contribution in [0.1, 0.15) is 46.0 Å². The van der Waals surface area contributed by atoms with Gasteiger partial charge in [0, 0.05) is 6.04 Å². The number of halogens is 1. The van der Waals surface area contributed by atoms with E-state index in [0.29, 0.717) is 4.95 Å². The van der Waals surface area contributed by atoms with E-state index in [2.05, 4.69) is 66.4 Å². The van der Waals surface area contributed by atoms with E-state index in [1.165, 1.54) is 32.1 Å². The van der Waals surface area contributed by atoms with Gasteiger partial charge >= 0.3 is 0 Å². The molecular formula is C21H34BrNSi. The van der Waals surface area contributed by atoms with Crippen LogP contribution in [0.4, 0.5) is 0 Å². The van der Waals surface area contributed by atoms with Crippen LogP contribution in [-0.2, 0) is 0 Å². The first kappa shape index (κ1) is 17.5. The summed E-state index contributed by atoms with van der Waals surface area (Å²) in [6, 6.07) is 0.757. The summed E-state index contributed by atoms with van der Waals surface area (Å²) >= 11 is 3.84. The number of alkyl halides is 1. The lowest BCUT2D eigenvalue weighted by Crippen LogP contribution is -2.54. The molecule has 2 saturated carbocycles. The number of rotatable bonds is 2. The van der Waals surface area contributed by atoms with Crippen molar-refractivity contribution in [2.75, 3.05) is 0 Å². The first-order valence-electron chi connectivity index (χ1n) is 10.2. The fourth-order valence-corrected chi connectivity index (χ4v) is 12.4. The zero-order valence-corrected chi connectivity index (χ0v) is 18.4. The molecule has 4 aliphatic rings. The fourth-order valence-electron chi connectivity index (χ4n) is 7.21. The van der Waals surface area contributed by atoms with Crippen molar-refractivity contribution in [2.45, 2.75) is 75.6 Å². The quantitative estimate of drug-likeness (QED) is 0.341. The number of allylic oxidation sites excluding steroid dienone is 4. The molecule has 8 atom stereocenters. The van der Waals surface area contributed by atoms with E-state index < -0.39 is 8.07 Å². The molecule has 0 aromatic heterocycles.